The second kappa shape index (κ2) is 14.4. The van der Waals surface area contributed by atoms with Crippen LogP contribution in [0.4, 0.5) is 0 Å². The summed E-state index contributed by atoms with van der Waals surface area (Å²) in [5, 5.41) is 0. The smallest absolute Gasteiger partial charge is 0.309 e. The van der Waals surface area contributed by atoms with Crippen LogP contribution in [0, 0.1) is 11.8 Å². The van der Waals surface area contributed by atoms with Crippen molar-refractivity contribution in [2.45, 2.75) is 98.3 Å². The highest BCUT2D eigenvalue weighted by atomic mass is 16.5. The molecule has 0 heterocycles. The Morgan fingerprint density at radius 3 is 1.86 bits per heavy atom. The number of ether oxygens (including phenoxy) is 1. The summed E-state index contributed by atoms with van der Waals surface area (Å²) in [6.45, 7) is 9.24. The van der Waals surface area contributed by atoms with E-state index < -0.39 is 0 Å². The minimum absolute atomic E-state index is 0.0291. The molecular weight excluding hydrogens is 260 g/mol. The summed E-state index contributed by atoms with van der Waals surface area (Å²) in [4.78, 5) is 12.1. The Morgan fingerprint density at radius 1 is 0.810 bits per heavy atom. The Labute approximate surface area is 133 Å². The Morgan fingerprint density at radius 2 is 1.33 bits per heavy atom. The van der Waals surface area contributed by atoms with Crippen molar-refractivity contribution in [1.29, 1.82) is 0 Å². The van der Waals surface area contributed by atoms with Gasteiger partial charge < -0.3 is 4.74 Å². The van der Waals surface area contributed by atoms with Crippen molar-refractivity contribution in [3.8, 4) is 0 Å². The number of esters is 1. The second-order valence-corrected chi connectivity index (χ2v) is 6.64. The molecule has 0 spiro atoms. The monoisotopic (exact) mass is 298 g/mol. The van der Waals surface area contributed by atoms with Gasteiger partial charge in [-0.2, -0.15) is 0 Å². The van der Waals surface area contributed by atoms with Crippen molar-refractivity contribution >= 4 is 5.97 Å². The van der Waals surface area contributed by atoms with Gasteiger partial charge in [0.1, 0.15) is 0 Å². The Bertz CT molecular complexity index is 236. The molecule has 0 aromatic rings. The maximum Gasteiger partial charge on any atom is 0.309 e. The average molecular weight is 299 g/mol. The van der Waals surface area contributed by atoms with Crippen molar-refractivity contribution in [1.82, 2.24) is 0 Å². The third-order valence-electron chi connectivity index (χ3n) is 4.22. The highest BCUT2D eigenvalue weighted by molar-refractivity contribution is 5.72. The molecule has 1 unspecified atom stereocenters. The molecule has 0 aromatic heterocycles. The van der Waals surface area contributed by atoms with Crippen molar-refractivity contribution in [2.75, 3.05) is 6.61 Å². The lowest BCUT2D eigenvalue weighted by Crippen LogP contribution is -2.23. The van der Waals surface area contributed by atoms with Crippen LogP contribution in [0.3, 0.4) is 0 Å². The molecule has 0 aliphatic heterocycles. The summed E-state index contributed by atoms with van der Waals surface area (Å²) < 4.78 is 5.39. The fourth-order valence-corrected chi connectivity index (χ4v) is 2.65. The molecule has 2 nitrogen and oxygen atoms in total. The van der Waals surface area contributed by atoms with Crippen LogP contribution in [0.25, 0.3) is 0 Å². The highest BCUT2D eigenvalue weighted by Crippen LogP contribution is 2.21. The van der Waals surface area contributed by atoms with E-state index in [4.69, 9.17) is 4.74 Å². The molecule has 0 N–H and O–H groups in total. The minimum Gasteiger partial charge on any atom is -0.465 e. The molecule has 2 heteroatoms. The molecular formula is C19H38O2. The molecule has 0 aliphatic carbocycles. The first-order valence-corrected chi connectivity index (χ1v) is 9.30. The summed E-state index contributed by atoms with van der Waals surface area (Å²) >= 11 is 0. The topological polar surface area (TPSA) is 26.3 Å². The predicted molar refractivity (Wildman–Crippen MR) is 91.4 cm³/mol. The van der Waals surface area contributed by atoms with E-state index in [1.54, 1.807) is 0 Å². The van der Waals surface area contributed by atoms with Gasteiger partial charge in [0.25, 0.3) is 0 Å². The maximum atomic E-state index is 12.1. The van der Waals surface area contributed by atoms with Crippen LogP contribution < -0.4 is 0 Å². The maximum absolute atomic E-state index is 12.1. The van der Waals surface area contributed by atoms with Gasteiger partial charge in [-0.05, 0) is 18.8 Å². The summed E-state index contributed by atoms with van der Waals surface area (Å²) in [7, 11) is 0. The number of hydrogen-bond donors (Lipinski definition) is 0. The first-order valence-electron chi connectivity index (χ1n) is 9.30. The van der Waals surface area contributed by atoms with E-state index in [2.05, 4.69) is 27.7 Å². The third-order valence-corrected chi connectivity index (χ3v) is 4.22. The van der Waals surface area contributed by atoms with Crippen LogP contribution in [0.15, 0.2) is 0 Å². The largest absolute Gasteiger partial charge is 0.465 e. The van der Waals surface area contributed by atoms with Crippen LogP contribution in [-0.2, 0) is 9.53 Å². The fraction of sp³-hybridized carbons (Fsp3) is 0.947. The van der Waals surface area contributed by atoms with Crippen molar-refractivity contribution in [2.24, 2.45) is 11.8 Å². The van der Waals surface area contributed by atoms with Gasteiger partial charge in [-0.3, -0.25) is 4.79 Å². The first kappa shape index (κ1) is 20.5. The standard InChI is InChI=1S/C19H38O2/c1-5-7-9-10-11-12-13-14-15-18(17(3)4)19(20)21-16-8-6-2/h17-18H,5-16H2,1-4H3. The fourth-order valence-electron chi connectivity index (χ4n) is 2.65. The molecule has 0 aliphatic rings. The van der Waals surface area contributed by atoms with E-state index in [0.717, 1.165) is 19.3 Å². The van der Waals surface area contributed by atoms with Crippen LogP contribution in [0.1, 0.15) is 98.3 Å². The Hall–Kier alpha value is -0.530. The summed E-state index contributed by atoms with van der Waals surface area (Å²) in [6.07, 6.45) is 13.6. The zero-order valence-corrected chi connectivity index (χ0v) is 15.0. The molecule has 0 saturated heterocycles. The van der Waals surface area contributed by atoms with E-state index in [1.807, 2.05) is 0 Å². The molecule has 0 fully saturated rings. The number of carbonyl (C=O) groups excluding carboxylic acids is 1. The van der Waals surface area contributed by atoms with Crippen molar-refractivity contribution in [3.05, 3.63) is 0 Å². The summed E-state index contributed by atoms with van der Waals surface area (Å²) in [5.41, 5.74) is 0. The lowest BCUT2D eigenvalue weighted by Gasteiger charge is -2.19. The van der Waals surface area contributed by atoms with Gasteiger partial charge in [-0.1, -0.05) is 85.5 Å². The van der Waals surface area contributed by atoms with Gasteiger partial charge in [0.15, 0.2) is 0 Å². The van der Waals surface area contributed by atoms with E-state index >= 15 is 0 Å². The zero-order chi connectivity index (χ0) is 15.9. The van der Waals surface area contributed by atoms with Crippen LogP contribution in [0.2, 0.25) is 0 Å². The Balaban J connectivity index is 3.72. The van der Waals surface area contributed by atoms with Gasteiger partial charge >= 0.3 is 5.97 Å². The van der Waals surface area contributed by atoms with Crippen LogP contribution in [0.5, 0.6) is 0 Å². The van der Waals surface area contributed by atoms with Gasteiger partial charge in [0.05, 0.1) is 12.5 Å². The molecule has 0 amide bonds. The normalized spacial score (nSPS) is 12.6. The van der Waals surface area contributed by atoms with E-state index in [9.17, 15) is 4.79 Å². The molecule has 0 aromatic carbocycles. The third kappa shape index (κ3) is 11.8. The Kier molecular flexibility index (Phi) is 14.0. The van der Waals surface area contributed by atoms with E-state index in [-0.39, 0.29) is 11.9 Å². The second-order valence-electron chi connectivity index (χ2n) is 6.64. The zero-order valence-electron chi connectivity index (χ0n) is 15.0. The number of rotatable bonds is 14. The number of unbranched alkanes of at least 4 members (excludes halogenated alkanes) is 8. The number of carbonyl (C=O) groups is 1. The lowest BCUT2D eigenvalue weighted by molar-refractivity contribution is -0.150. The molecule has 0 rings (SSSR count). The van der Waals surface area contributed by atoms with Crippen molar-refractivity contribution < 1.29 is 9.53 Å². The SMILES string of the molecule is CCCCCCCCCCC(C(=O)OCCCC)C(C)C. The van der Waals surface area contributed by atoms with Gasteiger partial charge in [-0.15, -0.1) is 0 Å². The first-order chi connectivity index (χ1) is 10.1. The van der Waals surface area contributed by atoms with E-state index in [0.29, 0.717) is 12.5 Å². The highest BCUT2D eigenvalue weighted by Gasteiger charge is 2.22. The molecule has 1 atom stereocenters. The lowest BCUT2D eigenvalue weighted by atomic mass is 9.90. The molecule has 126 valence electrons. The van der Waals surface area contributed by atoms with Gasteiger partial charge in [-0.25, -0.2) is 0 Å². The quantitative estimate of drug-likeness (QED) is 0.285. The van der Waals surface area contributed by atoms with Crippen molar-refractivity contribution in [3.63, 3.8) is 0 Å². The van der Waals surface area contributed by atoms with Crippen LogP contribution >= 0.6 is 0 Å². The average Bonchev–Trinajstić information content (AvgIpc) is 2.45. The summed E-state index contributed by atoms with van der Waals surface area (Å²) in [5.74, 6) is 0.520. The van der Waals surface area contributed by atoms with Crippen LogP contribution in [-0.4, -0.2) is 12.6 Å². The molecule has 21 heavy (non-hydrogen) atoms. The summed E-state index contributed by atoms with van der Waals surface area (Å²) in [6, 6.07) is 0. The number of hydrogen-bond acceptors (Lipinski definition) is 2. The minimum atomic E-state index is 0.0291. The molecule has 0 radical (unpaired) electrons. The van der Waals surface area contributed by atoms with Gasteiger partial charge in [0.2, 0.25) is 0 Å². The van der Waals surface area contributed by atoms with E-state index in [1.165, 1.54) is 51.4 Å². The van der Waals surface area contributed by atoms with Gasteiger partial charge in [0, 0.05) is 0 Å². The predicted octanol–water partition coefficient (Wildman–Crippen LogP) is 6.13. The molecule has 0 saturated carbocycles. The molecule has 0 bridgehead atoms.